The molecule has 82 valence electrons. The van der Waals surface area contributed by atoms with E-state index in [0.717, 1.165) is 4.47 Å². The predicted molar refractivity (Wildman–Crippen MR) is 67.0 cm³/mol. The highest BCUT2D eigenvalue weighted by Crippen LogP contribution is 2.69. The van der Waals surface area contributed by atoms with E-state index in [1.54, 1.807) is 0 Å². The quantitative estimate of drug-likeness (QED) is 0.795. The molecule has 0 saturated heterocycles. The Morgan fingerprint density at radius 3 is 2.62 bits per heavy atom. The molecule has 0 aromatic heterocycles. The highest BCUT2D eigenvalue weighted by Gasteiger charge is 2.61. The van der Waals surface area contributed by atoms with E-state index in [2.05, 4.69) is 46.3 Å². The molecule has 2 fully saturated rings. The second-order valence-electron chi connectivity index (χ2n) is 5.48. The first kappa shape index (κ1) is 10.4. The second-order valence-corrected chi connectivity index (χ2v) is 6.39. The summed E-state index contributed by atoms with van der Waals surface area (Å²) in [6.07, 6.45) is 5.89. The number of halogens is 1. The van der Waals surface area contributed by atoms with Gasteiger partial charge in [0, 0.05) is 16.3 Å². The van der Waals surface area contributed by atoms with Crippen LogP contribution in [-0.2, 0) is 5.41 Å². The van der Waals surface area contributed by atoms with Crippen LogP contribution in [0.4, 0.5) is 0 Å². The molecule has 1 spiro atoms. The summed E-state index contributed by atoms with van der Waals surface area (Å²) in [6, 6.07) is 10.9. The highest BCUT2D eigenvalue weighted by molar-refractivity contribution is 9.10. The maximum absolute atomic E-state index is 9.03. The Morgan fingerprint density at radius 2 is 2.06 bits per heavy atom. The fourth-order valence-corrected chi connectivity index (χ4v) is 3.71. The Morgan fingerprint density at radius 1 is 1.31 bits per heavy atom. The molecule has 16 heavy (non-hydrogen) atoms. The van der Waals surface area contributed by atoms with Crippen LogP contribution in [0.15, 0.2) is 28.7 Å². The predicted octanol–water partition coefficient (Wildman–Crippen LogP) is 4.17. The van der Waals surface area contributed by atoms with Crippen molar-refractivity contribution >= 4 is 15.9 Å². The van der Waals surface area contributed by atoms with Gasteiger partial charge in [-0.3, -0.25) is 0 Å². The van der Waals surface area contributed by atoms with Gasteiger partial charge in [-0.15, -0.1) is 0 Å². The molecule has 1 aromatic carbocycles. The molecule has 0 heterocycles. The Kier molecular flexibility index (Phi) is 2.16. The Hall–Kier alpha value is -0.810. The Labute approximate surface area is 105 Å². The van der Waals surface area contributed by atoms with Crippen LogP contribution in [0.2, 0.25) is 0 Å². The molecule has 0 bridgehead atoms. The smallest absolute Gasteiger partial charge is 0.0631 e. The molecule has 0 unspecified atom stereocenters. The van der Waals surface area contributed by atoms with Gasteiger partial charge in [0.15, 0.2) is 0 Å². The van der Waals surface area contributed by atoms with Gasteiger partial charge in [-0.2, -0.15) is 5.26 Å². The molecule has 0 amide bonds. The van der Waals surface area contributed by atoms with Crippen molar-refractivity contribution in [2.45, 2.75) is 37.5 Å². The zero-order valence-corrected chi connectivity index (χ0v) is 10.8. The third-order valence-corrected chi connectivity index (χ3v) is 4.73. The van der Waals surface area contributed by atoms with Crippen molar-refractivity contribution in [3.63, 3.8) is 0 Å². The summed E-state index contributed by atoms with van der Waals surface area (Å²) in [6.45, 7) is 0. The Bertz CT molecular complexity index is 460. The van der Waals surface area contributed by atoms with Crippen LogP contribution in [0.3, 0.4) is 0 Å². The average molecular weight is 276 g/mol. The summed E-state index contributed by atoms with van der Waals surface area (Å²) in [5, 5.41) is 9.03. The van der Waals surface area contributed by atoms with Crippen LogP contribution in [0.1, 0.15) is 37.7 Å². The number of nitrogens with zero attached hydrogens (tertiary/aromatic N) is 1. The van der Waals surface area contributed by atoms with Gasteiger partial charge in [0.2, 0.25) is 0 Å². The maximum atomic E-state index is 9.03. The lowest BCUT2D eigenvalue weighted by atomic mass is 9.55. The molecular formula is C14H14BrN. The normalized spacial score (nSPS) is 23.5. The van der Waals surface area contributed by atoms with E-state index < -0.39 is 0 Å². The summed E-state index contributed by atoms with van der Waals surface area (Å²) in [7, 11) is 0. The van der Waals surface area contributed by atoms with Crippen LogP contribution in [0.25, 0.3) is 0 Å². The van der Waals surface area contributed by atoms with Crippen LogP contribution in [0, 0.1) is 16.7 Å². The van der Waals surface area contributed by atoms with E-state index in [1.165, 1.54) is 31.2 Å². The van der Waals surface area contributed by atoms with Crippen LogP contribution >= 0.6 is 15.9 Å². The third-order valence-electron chi connectivity index (χ3n) is 4.24. The first-order valence-corrected chi connectivity index (χ1v) is 6.61. The van der Waals surface area contributed by atoms with E-state index >= 15 is 0 Å². The topological polar surface area (TPSA) is 23.8 Å². The van der Waals surface area contributed by atoms with Crippen molar-refractivity contribution in [1.29, 1.82) is 5.26 Å². The average Bonchev–Trinajstić information content (AvgIpc) is 2.97. The zero-order valence-electron chi connectivity index (χ0n) is 9.17. The summed E-state index contributed by atoms with van der Waals surface area (Å²) in [5.74, 6) is 0. The molecule has 2 aliphatic rings. The minimum absolute atomic E-state index is 0.162. The van der Waals surface area contributed by atoms with Gasteiger partial charge in [-0.25, -0.2) is 0 Å². The summed E-state index contributed by atoms with van der Waals surface area (Å²) in [5.41, 5.74) is 2.15. The van der Waals surface area contributed by atoms with Crippen molar-refractivity contribution in [2.24, 2.45) is 5.41 Å². The largest absolute Gasteiger partial charge is 0.198 e. The van der Waals surface area contributed by atoms with Crippen LogP contribution < -0.4 is 0 Å². The first-order valence-electron chi connectivity index (χ1n) is 5.81. The van der Waals surface area contributed by atoms with E-state index in [-0.39, 0.29) is 5.41 Å². The summed E-state index contributed by atoms with van der Waals surface area (Å²) < 4.78 is 1.12. The molecular weight excluding hydrogens is 262 g/mol. The number of rotatable bonds is 2. The lowest BCUT2D eigenvalue weighted by molar-refractivity contribution is 0.122. The number of benzene rings is 1. The van der Waals surface area contributed by atoms with Gasteiger partial charge >= 0.3 is 0 Å². The third kappa shape index (κ3) is 1.50. The van der Waals surface area contributed by atoms with E-state index in [1.807, 2.05) is 0 Å². The van der Waals surface area contributed by atoms with Crippen molar-refractivity contribution in [3.05, 3.63) is 34.3 Å². The van der Waals surface area contributed by atoms with E-state index in [0.29, 0.717) is 11.8 Å². The second kappa shape index (κ2) is 3.34. The minimum Gasteiger partial charge on any atom is -0.198 e. The van der Waals surface area contributed by atoms with E-state index in [9.17, 15) is 0 Å². The van der Waals surface area contributed by atoms with Crippen molar-refractivity contribution in [3.8, 4) is 6.07 Å². The van der Waals surface area contributed by atoms with Gasteiger partial charge in [0.05, 0.1) is 6.07 Å². The molecule has 2 aliphatic carbocycles. The molecule has 2 saturated carbocycles. The van der Waals surface area contributed by atoms with E-state index in [4.69, 9.17) is 5.26 Å². The molecule has 3 rings (SSSR count). The fourth-order valence-electron chi connectivity index (χ4n) is 3.32. The SMILES string of the molecule is N#CCC1(c2cccc(Br)c2)CC2(CC2)C1. The molecule has 0 aliphatic heterocycles. The maximum Gasteiger partial charge on any atom is 0.0631 e. The van der Waals surface area contributed by atoms with Crippen LogP contribution in [-0.4, -0.2) is 0 Å². The molecule has 0 atom stereocenters. The number of nitriles is 1. The van der Waals surface area contributed by atoms with Crippen molar-refractivity contribution < 1.29 is 0 Å². The summed E-state index contributed by atoms with van der Waals surface area (Å²) in [4.78, 5) is 0. The molecule has 1 nitrogen and oxygen atoms in total. The van der Waals surface area contributed by atoms with Gasteiger partial charge in [-0.05, 0) is 48.8 Å². The number of hydrogen-bond donors (Lipinski definition) is 0. The lowest BCUT2D eigenvalue weighted by Gasteiger charge is -2.48. The fraction of sp³-hybridized carbons (Fsp3) is 0.500. The van der Waals surface area contributed by atoms with Gasteiger partial charge in [-0.1, -0.05) is 28.1 Å². The lowest BCUT2D eigenvalue weighted by Crippen LogP contribution is -2.42. The molecule has 0 radical (unpaired) electrons. The van der Waals surface area contributed by atoms with Gasteiger partial charge in [0.1, 0.15) is 0 Å². The molecule has 1 aromatic rings. The first-order chi connectivity index (χ1) is 7.68. The summed E-state index contributed by atoms with van der Waals surface area (Å²) >= 11 is 3.52. The highest BCUT2D eigenvalue weighted by atomic mass is 79.9. The molecule has 0 N–H and O–H groups in total. The van der Waals surface area contributed by atoms with Crippen LogP contribution in [0.5, 0.6) is 0 Å². The van der Waals surface area contributed by atoms with Gasteiger partial charge < -0.3 is 0 Å². The zero-order chi connectivity index (χ0) is 11.2. The van der Waals surface area contributed by atoms with Gasteiger partial charge in [0.25, 0.3) is 0 Å². The van der Waals surface area contributed by atoms with Crippen molar-refractivity contribution in [1.82, 2.24) is 0 Å². The standard InChI is InChI=1S/C14H14BrN/c15-12-3-1-2-11(8-12)14(6-7-16)9-13(10-14)4-5-13/h1-3,8H,4-6,9-10H2. The Balaban J connectivity index is 1.92. The monoisotopic (exact) mass is 275 g/mol. The molecule has 2 heteroatoms. The number of hydrogen-bond acceptors (Lipinski definition) is 1. The van der Waals surface area contributed by atoms with Crippen molar-refractivity contribution in [2.75, 3.05) is 0 Å². The minimum atomic E-state index is 0.162.